The van der Waals surface area contributed by atoms with Crippen LogP contribution in [0, 0.1) is 0 Å². The summed E-state index contributed by atoms with van der Waals surface area (Å²) in [7, 11) is 0. The molecule has 0 fully saturated rings. The second-order valence-electron chi connectivity index (χ2n) is 6.32. The summed E-state index contributed by atoms with van der Waals surface area (Å²) >= 11 is 1.72. The van der Waals surface area contributed by atoms with Gasteiger partial charge >= 0.3 is 0 Å². The molecule has 3 nitrogen and oxygen atoms in total. The van der Waals surface area contributed by atoms with Crippen molar-refractivity contribution >= 4 is 23.4 Å². The highest BCUT2D eigenvalue weighted by atomic mass is 32.2. The van der Waals surface area contributed by atoms with Gasteiger partial charge in [0.2, 0.25) is 0 Å². The summed E-state index contributed by atoms with van der Waals surface area (Å²) in [5, 5.41) is 2.99. The van der Waals surface area contributed by atoms with Crippen molar-refractivity contribution in [2.75, 3.05) is 11.1 Å². The summed E-state index contributed by atoms with van der Waals surface area (Å²) in [5.74, 6) is 1.62. The molecule has 1 unspecified atom stereocenters. The quantitative estimate of drug-likeness (QED) is 0.734. The molecule has 1 aliphatic carbocycles. The van der Waals surface area contributed by atoms with Crippen molar-refractivity contribution in [3.05, 3.63) is 53.6 Å². The molecule has 1 amide bonds. The van der Waals surface area contributed by atoms with E-state index < -0.39 is 6.10 Å². The number of fused-ring (bicyclic) bond motifs is 1. The van der Waals surface area contributed by atoms with E-state index in [1.807, 2.05) is 30.3 Å². The molecule has 0 aromatic heterocycles. The first-order chi connectivity index (χ1) is 12.2. The van der Waals surface area contributed by atoms with Crippen LogP contribution in [0.1, 0.15) is 37.8 Å². The van der Waals surface area contributed by atoms with Gasteiger partial charge in [-0.15, -0.1) is 11.8 Å². The standard InChI is InChI=1S/C21H25NO2S/c1-3-25-20-11-7-6-10-19(20)22-21(23)15(2)24-18-13-12-16-8-4-5-9-17(16)14-18/h6-7,10-15H,3-5,8-9H2,1-2H3,(H,22,23). The predicted octanol–water partition coefficient (Wildman–Crippen LogP) is 5.08. The number of anilines is 1. The molecule has 2 aromatic rings. The zero-order valence-corrected chi connectivity index (χ0v) is 15.7. The van der Waals surface area contributed by atoms with Crippen LogP contribution in [0.4, 0.5) is 5.69 Å². The van der Waals surface area contributed by atoms with E-state index in [1.165, 1.54) is 24.0 Å². The van der Waals surface area contributed by atoms with Crippen LogP contribution >= 0.6 is 11.8 Å². The number of nitrogens with one attached hydrogen (secondary N) is 1. The van der Waals surface area contributed by atoms with E-state index >= 15 is 0 Å². The van der Waals surface area contributed by atoms with E-state index in [0.29, 0.717) is 0 Å². The number of hydrogen-bond donors (Lipinski definition) is 1. The molecule has 0 aliphatic heterocycles. The molecule has 1 aliphatic rings. The van der Waals surface area contributed by atoms with Gasteiger partial charge in [-0.25, -0.2) is 0 Å². The zero-order chi connectivity index (χ0) is 17.6. The Labute approximate surface area is 154 Å². The van der Waals surface area contributed by atoms with E-state index in [2.05, 4.69) is 24.4 Å². The summed E-state index contributed by atoms with van der Waals surface area (Å²) in [6.07, 6.45) is 4.22. The third kappa shape index (κ3) is 4.57. The Balaban J connectivity index is 1.65. The van der Waals surface area contributed by atoms with Gasteiger partial charge in [0.1, 0.15) is 5.75 Å². The van der Waals surface area contributed by atoms with Crippen molar-refractivity contribution in [1.82, 2.24) is 0 Å². The number of ether oxygens (including phenoxy) is 1. The van der Waals surface area contributed by atoms with Crippen LogP contribution in [-0.4, -0.2) is 17.8 Å². The zero-order valence-electron chi connectivity index (χ0n) is 14.9. The molecule has 0 spiro atoms. The summed E-state index contributed by atoms with van der Waals surface area (Å²) in [6.45, 7) is 3.90. The molecular weight excluding hydrogens is 330 g/mol. The van der Waals surface area contributed by atoms with E-state index in [9.17, 15) is 4.79 Å². The fraction of sp³-hybridized carbons (Fsp3) is 0.381. The van der Waals surface area contributed by atoms with Crippen LogP contribution in [0.5, 0.6) is 5.75 Å². The van der Waals surface area contributed by atoms with Crippen molar-refractivity contribution in [1.29, 1.82) is 0 Å². The minimum Gasteiger partial charge on any atom is -0.481 e. The Morgan fingerprint density at radius 2 is 1.92 bits per heavy atom. The lowest BCUT2D eigenvalue weighted by Gasteiger charge is -2.19. The molecule has 25 heavy (non-hydrogen) atoms. The fourth-order valence-corrected chi connectivity index (χ4v) is 3.89. The van der Waals surface area contributed by atoms with E-state index in [4.69, 9.17) is 4.74 Å². The maximum absolute atomic E-state index is 12.5. The maximum Gasteiger partial charge on any atom is 0.265 e. The Morgan fingerprint density at radius 1 is 1.16 bits per heavy atom. The van der Waals surface area contributed by atoms with Crippen LogP contribution in [0.25, 0.3) is 0 Å². The van der Waals surface area contributed by atoms with Gasteiger partial charge in [-0.05, 0) is 73.8 Å². The normalized spacial score (nSPS) is 14.5. The van der Waals surface area contributed by atoms with Gasteiger partial charge in [-0.1, -0.05) is 25.1 Å². The molecule has 0 saturated heterocycles. The first kappa shape index (κ1) is 17.9. The molecule has 1 atom stereocenters. The Kier molecular flexibility index (Phi) is 6.03. The molecule has 0 saturated carbocycles. The highest BCUT2D eigenvalue weighted by Crippen LogP contribution is 2.28. The maximum atomic E-state index is 12.5. The first-order valence-electron chi connectivity index (χ1n) is 8.98. The number of carbonyl (C=O) groups excluding carboxylic acids is 1. The average molecular weight is 356 g/mol. The van der Waals surface area contributed by atoms with Crippen LogP contribution in [-0.2, 0) is 17.6 Å². The van der Waals surface area contributed by atoms with Gasteiger partial charge in [0.05, 0.1) is 5.69 Å². The van der Waals surface area contributed by atoms with Crippen LogP contribution < -0.4 is 10.1 Å². The van der Waals surface area contributed by atoms with Gasteiger partial charge in [0, 0.05) is 4.90 Å². The van der Waals surface area contributed by atoms with E-state index in [0.717, 1.165) is 34.9 Å². The number of carbonyl (C=O) groups is 1. The minimum atomic E-state index is -0.540. The van der Waals surface area contributed by atoms with Crippen molar-refractivity contribution in [2.24, 2.45) is 0 Å². The van der Waals surface area contributed by atoms with Crippen molar-refractivity contribution in [2.45, 2.75) is 50.5 Å². The lowest BCUT2D eigenvalue weighted by Crippen LogP contribution is -2.30. The Bertz CT molecular complexity index is 744. The monoisotopic (exact) mass is 355 g/mol. The third-order valence-corrected chi connectivity index (χ3v) is 5.40. The molecule has 3 rings (SSSR count). The molecular formula is C21H25NO2S. The van der Waals surface area contributed by atoms with Crippen LogP contribution in [0.3, 0.4) is 0 Å². The molecule has 2 aromatic carbocycles. The van der Waals surface area contributed by atoms with Crippen LogP contribution in [0.2, 0.25) is 0 Å². The largest absolute Gasteiger partial charge is 0.481 e. The predicted molar refractivity (Wildman–Crippen MR) is 105 cm³/mol. The highest BCUT2D eigenvalue weighted by Gasteiger charge is 2.17. The van der Waals surface area contributed by atoms with Crippen molar-refractivity contribution < 1.29 is 9.53 Å². The van der Waals surface area contributed by atoms with Gasteiger partial charge in [-0.2, -0.15) is 0 Å². The van der Waals surface area contributed by atoms with Gasteiger partial charge < -0.3 is 10.1 Å². The molecule has 0 bridgehead atoms. The van der Waals surface area contributed by atoms with Crippen molar-refractivity contribution in [3.63, 3.8) is 0 Å². The fourth-order valence-electron chi connectivity index (χ4n) is 3.13. The molecule has 1 N–H and O–H groups in total. The minimum absolute atomic E-state index is 0.123. The Morgan fingerprint density at radius 3 is 2.72 bits per heavy atom. The van der Waals surface area contributed by atoms with Gasteiger partial charge in [-0.3, -0.25) is 4.79 Å². The number of rotatable bonds is 6. The summed E-state index contributed by atoms with van der Waals surface area (Å²) in [4.78, 5) is 13.6. The lowest BCUT2D eigenvalue weighted by molar-refractivity contribution is -0.122. The number of aryl methyl sites for hydroxylation is 2. The molecule has 132 valence electrons. The number of amides is 1. The number of benzene rings is 2. The summed E-state index contributed by atoms with van der Waals surface area (Å²) in [5.41, 5.74) is 3.63. The van der Waals surface area contributed by atoms with Gasteiger partial charge in [0.15, 0.2) is 6.10 Å². The first-order valence-corrected chi connectivity index (χ1v) is 9.97. The van der Waals surface area contributed by atoms with Gasteiger partial charge in [0.25, 0.3) is 5.91 Å². The Hall–Kier alpha value is -1.94. The van der Waals surface area contributed by atoms with E-state index in [1.54, 1.807) is 18.7 Å². The van der Waals surface area contributed by atoms with E-state index in [-0.39, 0.29) is 5.91 Å². The molecule has 0 radical (unpaired) electrons. The number of para-hydroxylation sites is 1. The molecule has 4 heteroatoms. The van der Waals surface area contributed by atoms with Crippen LogP contribution in [0.15, 0.2) is 47.4 Å². The summed E-state index contributed by atoms with van der Waals surface area (Å²) < 4.78 is 5.90. The summed E-state index contributed by atoms with van der Waals surface area (Å²) in [6, 6.07) is 14.1. The average Bonchev–Trinajstić information content (AvgIpc) is 2.63. The third-order valence-electron chi connectivity index (χ3n) is 4.45. The smallest absolute Gasteiger partial charge is 0.265 e. The van der Waals surface area contributed by atoms with Crippen molar-refractivity contribution in [3.8, 4) is 5.75 Å². The highest BCUT2D eigenvalue weighted by molar-refractivity contribution is 7.99. The molecule has 0 heterocycles. The lowest BCUT2D eigenvalue weighted by atomic mass is 9.92. The number of hydrogen-bond acceptors (Lipinski definition) is 3. The SMILES string of the molecule is CCSc1ccccc1NC(=O)C(C)Oc1ccc2c(c1)CCCC2. The topological polar surface area (TPSA) is 38.3 Å². The second-order valence-corrected chi connectivity index (χ2v) is 7.62. The number of thioether (sulfide) groups is 1. The second kappa shape index (κ2) is 8.43.